The lowest BCUT2D eigenvalue weighted by Gasteiger charge is -2.36. The molecule has 1 aliphatic carbocycles. The van der Waals surface area contributed by atoms with Gasteiger partial charge in [-0.25, -0.2) is 4.98 Å². The van der Waals surface area contributed by atoms with E-state index in [4.69, 9.17) is 4.42 Å². The summed E-state index contributed by atoms with van der Waals surface area (Å²) in [5.74, 6) is 3.09. The van der Waals surface area contributed by atoms with Crippen molar-refractivity contribution >= 4 is 5.91 Å². The van der Waals surface area contributed by atoms with Crippen LogP contribution in [0.4, 0.5) is 0 Å². The molecule has 1 aromatic heterocycles. The molecule has 0 spiro atoms. The summed E-state index contributed by atoms with van der Waals surface area (Å²) in [4.78, 5) is 22.5. The maximum Gasteiger partial charge on any atom is 0.228 e. The summed E-state index contributed by atoms with van der Waals surface area (Å²) < 4.78 is 5.85. The lowest BCUT2D eigenvalue weighted by Crippen LogP contribution is -2.45. The third-order valence-corrected chi connectivity index (χ3v) is 6.60. The molecule has 4 heterocycles. The molecule has 0 radical (unpaired) electrons. The minimum Gasteiger partial charge on any atom is -0.441 e. The smallest absolute Gasteiger partial charge is 0.228 e. The van der Waals surface area contributed by atoms with Crippen LogP contribution in [-0.2, 0) is 11.2 Å². The number of carbonyl (C=O) groups excluding carboxylic acids is 1. The van der Waals surface area contributed by atoms with E-state index in [0.717, 1.165) is 36.0 Å². The first-order valence-electron chi connectivity index (χ1n) is 10.7. The highest BCUT2D eigenvalue weighted by atomic mass is 16.4. The van der Waals surface area contributed by atoms with Crippen LogP contribution in [0, 0.1) is 18.8 Å². The fourth-order valence-electron chi connectivity index (χ4n) is 4.79. The molecule has 1 amide bonds. The molecule has 0 unspecified atom stereocenters. The summed E-state index contributed by atoms with van der Waals surface area (Å²) in [5.41, 5.74) is 1.73. The Labute approximate surface area is 166 Å². The number of rotatable bonds is 5. The van der Waals surface area contributed by atoms with Gasteiger partial charge in [-0.15, -0.1) is 0 Å². The molecular formula is C23H29N3O2. The second-order valence-electron chi connectivity index (χ2n) is 8.86. The topological polar surface area (TPSA) is 49.6 Å². The molecule has 5 nitrogen and oxygen atoms in total. The van der Waals surface area contributed by atoms with Gasteiger partial charge in [0, 0.05) is 37.8 Å². The van der Waals surface area contributed by atoms with E-state index in [1.54, 1.807) is 0 Å². The van der Waals surface area contributed by atoms with Gasteiger partial charge in [0.05, 0.1) is 12.1 Å². The van der Waals surface area contributed by atoms with Gasteiger partial charge in [-0.3, -0.25) is 9.69 Å². The van der Waals surface area contributed by atoms with Crippen LogP contribution in [0.5, 0.6) is 0 Å². The monoisotopic (exact) mass is 379 g/mol. The summed E-state index contributed by atoms with van der Waals surface area (Å²) in [6.07, 6.45) is 5.63. The van der Waals surface area contributed by atoms with Crippen molar-refractivity contribution in [1.82, 2.24) is 14.8 Å². The van der Waals surface area contributed by atoms with E-state index in [1.165, 1.54) is 38.8 Å². The molecule has 3 aliphatic heterocycles. The zero-order valence-corrected chi connectivity index (χ0v) is 16.6. The average molecular weight is 380 g/mol. The van der Waals surface area contributed by atoms with Crippen molar-refractivity contribution in [3.05, 3.63) is 41.8 Å². The van der Waals surface area contributed by atoms with E-state index >= 15 is 0 Å². The molecule has 2 bridgehead atoms. The van der Waals surface area contributed by atoms with Gasteiger partial charge in [-0.1, -0.05) is 18.2 Å². The van der Waals surface area contributed by atoms with E-state index < -0.39 is 0 Å². The van der Waals surface area contributed by atoms with E-state index in [-0.39, 0.29) is 5.91 Å². The van der Waals surface area contributed by atoms with Crippen molar-refractivity contribution in [1.29, 1.82) is 0 Å². The van der Waals surface area contributed by atoms with Crippen molar-refractivity contribution in [2.75, 3.05) is 26.2 Å². The Morgan fingerprint density at radius 3 is 2.71 bits per heavy atom. The standard InChI is InChI=1S/C23H29N3O2/c1-16-21(24-23(28-16)19-5-3-2-4-6-19)11-22(27)26-14-18-9-10-20(15-26)25(13-18)12-17-7-8-17/h2-6,17-18,20H,7-15H2,1H3/t18-,20-/m0/s1. The number of aromatic nitrogens is 1. The first-order chi connectivity index (χ1) is 13.7. The molecule has 4 fully saturated rings. The van der Waals surface area contributed by atoms with Crippen LogP contribution in [0.3, 0.4) is 0 Å². The molecule has 2 atom stereocenters. The zero-order chi connectivity index (χ0) is 19.1. The molecule has 5 heteroatoms. The third-order valence-electron chi connectivity index (χ3n) is 6.60. The maximum atomic E-state index is 13.1. The van der Waals surface area contributed by atoms with Gasteiger partial charge in [-0.2, -0.15) is 0 Å². The third kappa shape index (κ3) is 3.72. The second-order valence-corrected chi connectivity index (χ2v) is 8.86. The van der Waals surface area contributed by atoms with Crippen LogP contribution in [-0.4, -0.2) is 52.9 Å². The highest BCUT2D eigenvalue weighted by Crippen LogP contribution is 2.35. The van der Waals surface area contributed by atoms with Gasteiger partial charge in [-0.05, 0) is 56.6 Å². The number of oxazole rings is 1. The highest BCUT2D eigenvalue weighted by molar-refractivity contribution is 5.79. The number of nitrogens with zero attached hydrogens (tertiary/aromatic N) is 3. The van der Waals surface area contributed by atoms with Crippen LogP contribution >= 0.6 is 0 Å². The number of aryl methyl sites for hydroxylation is 1. The summed E-state index contributed by atoms with van der Waals surface area (Å²) in [6.45, 7) is 6.10. The van der Waals surface area contributed by atoms with Gasteiger partial charge in [0.1, 0.15) is 5.76 Å². The molecule has 0 N–H and O–H groups in total. The minimum absolute atomic E-state index is 0.196. The van der Waals surface area contributed by atoms with Crippen LogP contribution in [0.2, 0.25) is 0 Å². The SMILES string of the molecule is Cc1oc(-c2ccccc2)nc1CC(=O)N1C[C@H]2CC[C@@H](C1)N(CC1CC1)C2. The first kappa shape index (κ1) is 17.9. The summed E-state index contributed by atoms with van der Waals surface area (Å²) in [6, 6.07) is 10.4. The Balaban J connectivity index is 1.27. The van der Waals surface area contributed by atoms with Gasteiger partial charge < -0.3 is 9.32 Å². The summed E-state index contributed by atoms with van der Waals surface area (Å²) >= 11 is 0. The molecule has 2 aromatic rings. The zero-order valence-electron chi connectivity index (χ0n) is 16.6. The van der Waals surface area contributed by atoms with Crippen molar-refractivity contribution in [2.24, 2.45) is 11.8 Å². The fraction of sp³-hybridized carbons (Fsp3) is 0.565. The molecule has 1 saturated carbocycles. The minimum atomic E-state index is 0.196. The fourth-order valence-corrected chi connectivity index (χ4v) is 4.79. The van der Waals surface area contributed by atoms with Gasteiger partial charge in [0.15, 0.2) is 0 Å². The van der Waals surface area contributed by atoms with E-state index in [0.29, 0.717) is 24.3 Å². The Morgan fingerprint density at radius 1 is 1.11 bits per heavy atom. The molecule has 1 aromatic carbocycles. The quantitative estimate of drug-likeness (QED) is 0.798. The Morgan fingerprint density at radius 2 is 1.93 bits per heavy atom. The Kier molecular flexibility index (Phi) is 4.71. The average Bonchev–Trinajstić information content (AvgIpc) is 3.50. The number of hydrogen-bond acceptors (Lipinski definition) is 4. The molecule has 4 aliphatic rings. The van der Waals surface area contributed by atoms with Crippen LogP contribution in [0.25, 0.3) is 11.5 Å². The van der Waals surface area contributed by atoms with E-state index in [1.807, 2.05) is 37.3 Å². The van der Waals surface area contributed by atoms with Crippen molar-refractivity contribution in [3.63, 3.8) is 0 Å². The van der Waals surface area contributed by atoms with E-state index in [9.17, 15) is 4.79 Å². The highest BCUT2D eigenvalue weighted by Gasteiger charge is 2.38. The number of amides is 1. The van der Waals surface area contributed by atoms with Crippen molar-refractivity contribution < 1.29 is 9.21 Å². The number of fused-ring (bicyclic) bond motifs is 4. The molecule has 148 valence electrons. The predicted molar refractivity (Wildman–Crippen MR) is 108 cm³/mol. The molecule has 28 heavy (non-hydrogen) atoms. The van der Waals surface area contributed by atoms with Gasteiger partial charge >= 0.3 is 0 Å². The molecule has 6 rings (SSSR count). The largest absolute Gasteiger partial charge is 0.441 e. The predicted octanol–water partition coefficient (Wildman–Crippen LogP) is 3.53. The van der Waals surface area contributed by atoms with Crippen molar-refractivity contribution in [2.45, 2.75) is 45.1 Å². The number of hydrogen-bond donors (Lipinski definition) is 0. The number of piperidine rings is 1. The van der Waals surface area contributed by atoms with Crippen LogP contribution in [0.15, 0.2) is 34.7 Å². The lowest BCUT2D eigenvalue weighted by atomic mass is 9.95. The number of benzene rings is 1. The number of carbonyl (C=O) groups is 1. The van der Waals surface area contributed by atoms with Gasteiger partial charge in [0.25, 0.3) is 0 Å². The van der Waals surface area contributed by atoms with E-state index in [2.05, 4.69) is 14.8 Å². The maximum absolute atomic E-state index is 13.1. The molecular weight excluding hydrogens is 350 g/mol. The van der Waals surface area contributed by atoms with Crippen LogP contribution < -0.4 is 0 Å². The lowest BCUT2D eigenvalue weighted by molar-refractivity contribution is -0.130. The second kappa shape index (κ2) is 7.36. The molecule has 3 saturated heterocycles. The Hall–Kier alpha value is -2.14. The summed E-state index contributed by atoms with van der Waals surface area (Å²) in [7, 11) is 0. The summed E-state index contributed by atoms with van der Waals surface area (Å²) in [5, 5.41) is 0. The Bertz CT molecular complexity index is 843. The normalized spacial score (nSPS) is 25.1. The van der Waals surface area contributed by atoms with Gasteiger partial charge in [0.2, 0.25) is 11.8 Å². The van der Waals surface area contributed by atoms with Crippen LogP contribution in [0.1, 0.15) is 37.1 Å². The van der Waals surface area contributed by atoms with Crippen molar-refractivity contribution in [3.8, 4) is 11.5 Å². The first-order valence-corrected chi connectivity index (χ1v) is 10.7.